The lowest BCUT2D eigenvalue weighted by atomic mass is 10.1. The molecular formula is C20H18N2O4. The van der Waals surface area contributed by atoms with Crippen molar-refractivity contribution in [1.82, 2.24) is 9.78 Å². The highest BCUT2D eigenvalue weighted by atomic mass is 16.7. The molecule has 0 atom stereocenters. The quantitative estimate of drug-likeness (QED) is 0.521. The third kappa shape index (κ3) is 3.35. The minimum absolute atomic E-state index is 0.0198. The van der Waals surface area contributed by atoms with Crippen molar-refractivity contribution in [3.63, 3.8) is 0 Å². The van der Waals surface area contributed by atoms with Crippen LogP contribution in [0, 0.1) is 6.92 Å². The molecule has 1 aromatic heterocycles. The van der Waals surface area contributed by atoms with Gasteiger partial charge in [-0.05, 0) is 26.0 Å². The third-order valence-electron chi connectivity index (χ3n) is 3.98. The van der Waals surface area contributed by atoms with Gasteiger partial charge in [0.2, 0.25) is 0 Å². The van der Waals surface area contributed by atoms with E-state index in [0.717, 1.165) is 11.3 Å². The molecule has 0 amide bonds. The molecule has 6 nitrogen and oxygen atoms in total. The first kappa shape index (κ1) is 17.4. The molecule has 26 heavy (non-hydrogen) atoms. The number of ketones is 1. The average Bonchev–Trinajstić information content (AvgIpc) is 2.99. The number of benzene rings is 2. The maximum atomic E-state index is 11.7. The highest BCUT2D eigenvalue weighted by Crippen LogP contribution is 2.34. The van der Waals surface area contributed by atoms with Gasteiger partial charge in [0.25, 0.3) is 0 Å². The highest BCUT2D eigenvalue weighted by molar-refractivity contribution is 5.94. The molecule has 0 aliphatic rings. The molecule has 0 aliphatic carbocycles. The fourth-order valence-corrected chi connectivity index (χ4v) is 2.61. The molecule has 0 radical (unpaired) electrons. The van der Waals surface area contributed by atoms with Gasteiger partial charge in [0.15, 0.2) is 11.5 Å². The predicted octanol–water partition coefficient (Wildman–Crippen LogP) is 4.20. The van der Waals surface area contributed by atoms with Gasteiger partial charge in [-0.1, -0.05) is 42.5 Å². The van der Waals surface area contributed by atoms with Gasteiger partial charge in [-0.3, -0.25) is 4.79 Å². The van der Waals surface area contributed by atoms with Crippen molar-refractivity contribution in [3.8, 4) is 22.7 Å². The molecule has 6 heteroatoms. The molecule has 0 saturated heterocycles. The first-order chi connectivity index (χ1) is 12.5. The normalized spacial score (nSPS) is 10.4. The zero-order chi connectivity index (χ0) is 18.7. The van der Waals surface area contributed by atoms with Crippen molar-refractivity contribution in [2.24, 2.45) is 0 Å². The standard InChI is InChI=1S/C20H18N2O4/c1-13-19(26-20(24)25-3)18(16-11-9-15(10-12-16)14(2)23)21-22(13)17-7-5-4-6-8-17/h4-12H,1-3H3. The first-order valence-electron chi connectivity index (χ1n) is 8.03. The van der Waals surface area contributed by atoms with E-state index in [4.69, 9.17) is 4.74 Å². The molecule has 3 aromatic rings. The molecule has 132 valence electrons. The second kappa shape index (κ2) is 7.23. The Morgan fingerprint density at radius 2 is 1.65 bits per heavy atom. The number of hydrogen-bond donors (Lipinski definition) is 0. The van der Waals surface area contributed by atoms with E-state index < -0.39 is 6.16 Å². The average molecular weight is 350 g/mol. The summed E-state index contributed by atoms with van der Waals surface area (Å²) in [6.07, 6.45) is -0.817. The molecule has 0 aliphatic heterocycles. The molecule has 3 rings (SSSR count). The van der Waals surface area contributed by atoms with Crippen LogP contribution in [-0.2, 0) is 4.74 Å². The van der Waals surface area contributed by atoms with Gasteiger partial charge in [-0.2, -0.15) is 5.10 Å². The SMILES string of the molecule is COC(=O)Oc1c(-c2ccc(C(C)=O)cc2)nn(-c2ccccc2)c1C. The summed E-state index contributed by atoms with van der Waals surface area (Å²) in [5.74, 6) is 0.296. The van der Waals surface area contributed by atoms with Crippen molar-refractivity contribution >= 4 is 11.9 Å². The minimum Gasteiger partial charge on any atom is -0.437 e. The van der Waals surface area contributed by atoms with Crippen LogP contribution in [0.2, 0.25) is 0 Å². The summed E-state index contributed by atoms with van der Waals surface area (Å²) in [6.45, 7) is 3.32. The van der Waals surface area contributed by atoms with Crippen LogP contribution in [0.1, 0.15) is 23.0 Å². The Morgan fingerprint density at radius 3 is 2.23 bits per heavy atom. The first-order valence-corrected chi connectivity index (χ1v) is 8.03. The summed E-state index contributed by atoms with van der Waals surface area (Å²) in [6, 6.07) is 16.5. The van der Waals surface area contributed by atoms with Gasteiger partial charge < -0.3 is 9.47 Å². The summed E-state index contributed by atoms with van der Waals surface area (Å²) < 4.78 is 11.7. The van der Waals surface area contributed by atoms with E-state index in [1.54, 1.807) is 28.9 Å². The van der Waals surface area contributed by atoms with E-state index in [0.29, 0.717) is 22.7 Å². The molecular weight excluding hydrogens is 332 g/mol. The maximum Gasteiger partial charge on any atom is 0.513 e. The molecule has 0 unspecified atom stereocenters. The van der Waals surface area contributed by atoms with Crippen LogP contribution in [0.4, 0.5) is 4.79 Å². The second-order valence-electron chi connectivity index (χ2n) is 5.70. The lowest BCUT2D eigenvalue weighted by Gasteiger charge is -2.05. The number of carbonyl (C=O) groups is 2. The highest BCUT2D eigenvalue weighted by Gasteiger charge is 2.21. The molecule has 0 fully saturated rings. The van der Waals surface area contributed by atoms with Gasteiger partial charge >= 0.3 is 6.16 Å². The second-order valence-corrected chi connectivity index (χ2v) is 5.70. The lowest BCUT2D eigenvalue weighted by molar-refractivity contribution is 0.101. The monoisotopic (exact) mass is 350 g/mol. The number of hydrogen-bond acceptors (Lipinski definition) is 5. The summed E-state index contributed by atoms with van der Waals surface area (Å²) >= 11 is 0. The van der Waals surface area contributed by atoms with Crippen LogP contribution >= 0.6 is 0 Å². The van der Waals surface area contributed by atoms with E-state index in [-0.39, 0.29) is 5.78 Å². The minimum atomic E-state index is -0.817. The van der Waals surface area contributed by atoms with Crippen LogP contribution < -0.4 is 4.74 Å². The van der Waals surface area contributed by atoms with E-state index >= 15 is 0 Å². The van der Waals surface area contributed by atoms with Crippen LogP contribution in [-0.4, -0.2) is 28.8 Å². The van der Waals surface area contributed by atoms with Gasteiger partial charge in [0.1, 0.15) is 5.69 Å². The predicted molar refractivity (Wildman–Crippen MR) is 96.8 cm³/mol. The van der Waals surface area contributed by atoms with Crippen molar-refractivity contribution in [2.45, 2.75) is 13.8 Å². The smallest absolute Gasteiger partial charge is 0.437 e. The van der Waals surface area contributed by atoms with Gasteiger partial charge in [0.05, 0.1) is 18.5 Å². The Kier molecular flexibility index (Phi) is 4.84. The van der Waals surface area contributed by atoms with Crippen molar-refractivity contribution in [1.29, 1.82) is 0 Å². The lowest BCUT2D eigenvalue weighted by Crippen LogP contribution is -2.08. The third-order valence-corrected chi connectivity index (χ3v) is 3.98. The number of carbonyl (C=O) groups excluding carboxylic acids is 2. The van der Waals surface area contributed by atoms with Crippen molar-refractivity contribution in [2.75, 3.05) is 7.11 Å². The van der Waals surface area contributed by atoms with E-state index in [1.165, 1.54) is 14.0 Å². The van der Waals surface area contributed by atoms with Crippen LogP contribution in [0.3, 0.4) is 0 Å². The fraction of sp³-hybridized carbons (Fsp3) is 0.150. The Hall–Kier alpha value is -3.41. The van der Waals surface area contributed by atoms with Gasteiger partial charge in [-0.25, -0.2) is 9.48 Å². The summed E-state index contributed by atoms with van der Waals surface area (Å²) in [5, 5.41) is 4.61. The van der Waals surface area contributed by atoms with Crippen LogP contribution in [0.15, 0.2) is 54.6 Å². The number of Topliss-reactive ketones (excluding diaryl/α,β-unsaturated/α-hetero) is 1. The molecule has 0 saturated carbocycles. The van der Waals surface area contributed by atoms with Crippen LogP contribution in [0.5, 0.6) is 5.75 Å². The number of rotatable bonds is 4. The summed E-state index contributed by atoms with van der Waals surface area (Å²) in [4.78, 5) is 23.2. The van der Waals surface area contributed by atoms with Crippen molar-refractivity contribution < 1.29 is 19.1 Å². The topological polar surface area (TPSA) is 70.4 Å². The molecule has 2 aromatic carbocycles. The summed E-state index contributed by atoms with van der Waals surface area (Å²) in [5.41, 5.74) is 3.32. The van der Waals surface area contributed by atoms with Crippen LogP contribution in [0.25, 0.3) is 16.9 Å². The largest absolute Gasteiger partial charge is 0.513 e. The van der Waals surface area contributed by atoms with Gasteiger partial charge in [-0.15, -0.1) is 0 Å². The summed E-state index contributed by atoms with van der Waals surface area (Å²) in [7, 11) is 1.25. The van der Waals surface area contributed by atoms with E-state index in [9.17, 15) is 9.59 Å². The number of methoxy groups -OCH3 is 1. The van der Waals surface area contributed by atoms with E-state index in [2.05, 4.69) is 9.84 Å². The Balaban J connectivity index is 2.13. The van der Waals surface area contributed by atoms with Crippen molar-refractivity contribution in [3.05, 3.63) is 65.9 Å². The molecule has 0 spiro atoms. The number of para-hydroxylation sites is 1. The number of aromatic nitrogens is 2. The Morgan fingerprint density at radius 1 is 1.00 bits per heavy atom. The Bertz CT molecular complexity index is 944. The molecule has 0 N–H and O–H groups in total. The van der Waals surface area contributed by atoms with E-state index in [1.807, 2.05) is 37.3 Å². The zero-order valence-corrected chi connectivity index (χ0v) is 14.7. The number of nitrogens with zero attached hydrogens (tertiary/aromatic N) is 2. The molecule has 1 heterocycles. The molecule has 0 bridgehead atoms. The van der Waals surface area contributed by atoms with Gasteiger partial charge in [0, 0.05) is 11.1 Å². The fourth-order valence-electron chi connectivity index (χ4n) is 2.61. The zero-order valence-electron chi connectivity index (χ0n) is 14.7. The number of ether oxygens (including phenoxy) is 2. The maximum absolute atomic E-state index is 11.7. The Labute approximate surface area is 151 Å².